The van der Waals surface area contributed by atoms with Gasteiger partial charge >= 0.3 is 0 Å². The van der Waals surface area contributed by atoms with Crippen molar-refractivity contribution in [1.82, 2.24) is 4.98 Å². The summed E-state index contributed by atoms with van der Waals surface area (Å²) in [6, 6.07) is 14.5. The molecule has 2 N–H and O–H groups in total. The Kier molecular flexibility index (Phi) is 3.24. The Morgan fingerprint density at radius 3 is 2.60 bits per heavy atom. The highest BCUT2D eigenvalue weighted by Gasteiger charge is 2.22. The Hall–Kier alpha value is -2.20. The number of halogens is 1. The number of nitrogens with one attached hydrogen (secondary N) is 1. The van der Waals surface area contributed by atoms with Gasteiger partial charge in [0.25, 0.3) is 5.82 Å². The SMILES string of the molecule is CC(O)c1[nH]c2ccccc2[n+]1Cc1ccccc1F. The molecule has 0 amide bonds. The van der Waals surface area contributed by atoms with E-state index in [1.165, 1.54) is 6.07 Å². The number of nitrogens with zero attached hydrogens (tertiary/aromatic N) is 1. The molecule has 0 spiro atoms. The molecule has 3 aromatic rings. The fraction of sp³-hybridized carbons (Fsp3) is 0.188. The third kappa shape index (κ3) is 2.18. The van der Waals surface area contributed by atoms with Gasteiger partial charge in [-0.05, 0) is 25.1 Å². The smallest absolute Gasteiger partial charge is 0.284 e. The molecule has 3 rings (SSSR count). The molecule has 0 aliphatic carbocycles. The number of para-hydroxylation sites is 2. The molecule has 1 aromatic heterocycles. The van der Waals surface area contributed by atoms with Gasteiger partial charge in [-0.2, -0.15) is 0 Å². The number of aliphatic hydroxyl groups excluding tert-OH is 1. The van der Waals surface area contributed by atoms with Gasteiger partial charge in [-0.15, -0.1) is 0 Å². The second-order valence-electron chi connectivity index (χ2n) is 4.88. The average molecular weight is 271 g/mol. The molecule has 102 valence electrons. The van der Waals surface area contributed by atoms with Crippen molar-refractivity contribution in [3.8, 4) is 0 Å². The quantitative estimate of drug-likeness (QED) is 0.706. The maximum atomic E-state index is 13.8. The lowest BCUT2D eigenvalue weighted by Crippen LogP contribution is -2.39. The van der Waals surface area contributed by atoms with Gasteiger partial charge in [0.2, 0.25) is 0 Å². The van der Waals surface area contributed by atoms with Gasteiger partial charge in [-0.1, -0.05) is 30.3 Å². The molecular weight excluding hydrogens is 255 g/mol. The van der Waals surface area contributed by atoms with Crippen molar-refractivity contribution in [3.05, 3.63) is 65.7 Å². The minimum Gasteiger partial charge on any atom is -0.381 e. The number of aromatic amines is 1. The van der Waals surface area contributed by atoms with Crippen LogP contribution in [-0.2, 0) is 6.54 Å². The first-order chi connectivity index (χ1) is 9.66. The third-order valence-corrected chi connectivity index (χ3v) is 3.43. The molecule has 20 heavy (non-hydrogen) atoms. The van der Waals surface area contributed by atoms with Crippen molar-refractivity contribution >= 4 is 11.0 Å². The topological polar surface area (TPSA) is 39.9 Å². The van der Waals surface area contributed by atoms with Crippen LogP contribution in [0, 0.1) is 5.82 Å². The number of H-pyrrole nitrogens is 1. The highest BCUT2D eigenvalue weighted by molar-refractivity contribution is 5.71. The number of imidazole rings is 1. The van der Waals surface area contributed by atoms with Crippen LogP contribution in [0.2, 0.25) is 0 Å². The van der Waals surface area contributed by atoms with Crippen molar-refractivity contribution < 1.29 is 14.1 Å². The normalized spacial score (nSPS) is 12.8. The summed E-state index contributed by atoms with van der Waals surface area (Å²) in [7, 11) is 0. The standard InChI is InChI=1S/C16H15FN2O/c1-11(20)16-18-14-8-4-5-9-15(14)19(16)10-12-6-2-3-7-13(12)17/h2-9,11,20H,10H2,1H3/p+1. The fourth-order valence-corrected chi connectivity index (χ4v) is 2.45. The van der Waals surface area contributed by atoms with Gasteiger partial charge in [-0.3, -0.25) is 0 Å². The molecule has 0 fully saturated rings. The Morgan fingerprint density at radius 2 is 1.85 bits per heavy atom. The minimum absolute atomic E-state index is 0.234. The lowest BCUT2D eigenvalue weighted by Gasteiger charge is -2.05. The summed E-state index contributed by atoms with van der Waals surface area (Å²) in [5, 5.41) is 9.91. The van der Waals surface area contributed by atoms with Crippen LogP contribution in [0.3, 0.4) is 0 Å². The van der Waals surface area contributed by atoms with Crippen molar-refractivity contribution in [2.75, 3.05) is 0 Å². The monoisotopic (exact) mass is 271 g/mol. The molecule has 0 radical (unpaired) electrons. The van der Waals surface area contributed by atoms with Crippen molar-refractivity contribution in [3.63, 3.8) is 0 Å². The zero-order valence-corrected chi connectivity index (χ0v) is 11.2. The maximum Gasteiger partial charge on any atom is 0.284 e. The number of aromatic nitrogens is 2. The summed E-state index contributed by atoms with van der Waals surface area (Å²) < 4.78 is 15.7. The van der Waals surface area contributed by atoms with Gasteiger partial charge in [-0.25, -0.2) is 13.9 Å². The van der Waals surface area contributed by atoms with E-state index in [1.807, 2.05) is 34.9 Å². The van der Waals surface area contributed by atoms with Crippen LogP contribution >= 0.6 is 0 Å². The van der Waals surface area contributed by atoms with Crippen LogP contribution in [0.5, 0.6) is 0 Å². The Morgan fingerprint density at radius 1 is 1.15 bits per heavy atom. The van der Waals surface area contributed by atoms with E-state index in [0.29, 0.717) is 17.9 Å². The summed E-state index contributed by atoms with van der Waals surface area (Å²) in [4.78, 5) is 3.19. The van der Waals surface area contributed by atoms with Crippen LogP contribution in [0.15, 0.2) is 48.5 Å². The predicted molar refractivity (Wildman–Crippen MR) is 74.6 cm³/mol. The van der Waals surface area contributed by atoms with Gasteiger partial charge in [0.05, 0.1) is 0 Å². The predicted octanol–water partition coefficient (Wildman–Crippen LogP) is 2.70. The zero-order valence-electron chi connectivity index (χ0n) is 11.2. The van der Waals surface area contributed by atoms with E-state index in [2.05, 4.69) is 4.98 Å². The summed E-state index contributed by atoms with van der Waals surface area (Å²) in [6.07, 6.45) is -0.644. The molecule has 2 aromatic carbocycles. The summed E-state index contributed by atoms with van der Waals surface area (Å²) in [5.41, 5.74) is 2.48. The highest BCUT2D eigenvalue weighted by Crippen LogP contribution is 2.15. The number of hydrogen-bond acceptors (Lipinski definition) is 1. The highest BCUT2D eigenvalue weighted by atomic mass is 19.1. The van der Waals surface area contributed by atoms with Crippen molar-refractivity contribution in [2.24, 2.45) is 0 Å². The van der Waals surface area contributed by atoms with E-state index in [1.54, 1.807) is 19.1 Å². The molecule has 0 bridgehead atoms. The third-order valence-electron chi connectivity index (χ3n) is 3.43. The maximum absolute atomic E-state index is 13.8. The molecule has 0 aliphatic heterocycles. The second-order valence-corrected chi connectivity index (χ2v) is 4.88. The van der Waals surface area contributed by atoms with Gasteiger partial charge in [0, 0.05) is 5.56 Å². The van der Waals surface area contributed by atoms with E-state index in [0.717, 1.165) is 11.0 Å². The Labute approximate surface area is 116 Å². The van der Waals surface area contributed by atoms with Crippen LogP contribution < -0.4 is 4.57 Å². The minimum atomic E-state index is -0.644. The van der Waals surface area contributed by atoms with Crippen molar-refractivity contribution in [2.45, 2.75) is 19.6 Å². The van der Waals surface area contributed by atoms with Crippen LogP contribution in [0.1, 0.15) is 24.4 Å². The van der Waals surface area contributed by atoms with E-state index in [4.69, 9.17) is 0 Å². The molecule has 1 atom stereocenters. The molecule has 4 heteroatoms. The number of hydrogen-bond donors (Lipinski definition) is 2. The first kappa shape index (κ1) is 12.8. The van der Waals surface area contributed by atoms with E-state index < -0.39 is 6.10 Å². The molecule has 0 aliphatic rings. The molecule has 0 saturated carbocycles. The number of benzene rings is 2. The van der Waals surface area contributed by atoms with Gasteiger partial charge < -0.3 is 5.11 Å². The average Bonchev–Trinajstić information content (AvgIpc) is 2.81. The van der Waals surface area contributed by atoms with Crippen LogP contribution in [0.4, 0.5) is 4.39 Å². The van der Waals surface area contributed by atoms with Crippen LogP contribution in [0.25, 0.3) is 11.0 Å². The number of fused-ring (bicyclic) bond motifs is 1. The molecule has 1 unspecified atom stereocenters. The molecule has 0 saturated heterocycles. The summed E-state index contributed by atoms with van der Waals surface area (Å²) >= 11 is 0. The number of aliphatic hydroxyl groups is 1. The van der Waals surface area contributed by atoms with E-state index in [9.17, 15) is 9.50 Å². The lowest BCUT2D eigenvalue weighted by molar-refractivity contribution is -0.673. The molecule has 3 nitrogen and oxygen atoms in total. The first-order valence-corrected chi connectivity index (χ1v) is 6.58. The first-order valence-electron chi connectivity index (χ1n) is 6.58. The Balaban J connectivity index is 2.14. The van der Waals surface area contributed by atoms with Gasteiger partial charge in [0.15, 0.2) is 17.1 Å². The zero-order chi connectivity index (χ0) is 14.1. The molecule has 1 heterocycles. The van der Waals surface area contributed by atoms with E-state index in [-0.39, 0.29) is 5.82 Å². The summed E-state index contributed by atoms with van der Waals surface area (Å²) in [5.74, 6) is 0.441. The largest absolute Gasteiger partial charge is 0.381 e. The van der Waals surface area contributed by atoms with Crippen LogP contribution in [-0.4, -0.2) is 10.1 Å². The summed E-state index contributed by atoms with van der Waals surface area (Å²) in [6.45, 7) is 2.08. The number of rotatable bonds is 3. The molecular formula is C16H16FN2O+. The fourth-order valence-electron chi connectivity index (χ4n) is 2.45. The lowest BCUT2D eigenvalue weighted by atomic mass is 10.2. The second kappa shape index (κ2) is 5.06. The Bertz CT molecular complexity index is 749. The van der Waals surface area contributed by atoms with E-state index >= 15 is 0 Å². The van der Waals surface area contributed by atoms with Crippen molar-refractivity contribution in [1.29, 1.82) is 0 Å². The van der Waals surface area contributed by atoms with Gasteiger partial charge in [0.1, 0.15) is 12.4 Å².